The van der Waals surface area contributed by atoms with Crippen molar-refractivity contribution < 1.29 is 29.7 Å². The fraction of sp³-hybridized carbons (Fsp3) is 0.788. The second-order valence-electron chi connectivity index (χ2n) is 17.1. The van der Waals surface area contributed by atoms with Crippen molar-refractivity contribution in [1.29, 1.82) is 0 Å². The molecule has 0 aliphatic heterocycles. The molecule has 58 heavy (non-hydrogen) atoms. The summed E-state index contributed by atoms with van der Waals surface area (Å²) in [5.41, 5.74) is 0. The van der Waals surface area contributed by atoms with Gasteiger partial charge in [-0.3, -0.25) is 14.4 Å². The molecule has 0 radical (unpaired) electrons. The molecule has 0 aliphatic rings. The minimum Gasteiger partial charge on any atom is -0.481 e. The Balaban J connectivity index is 4.45. The van der Waals surface area contributed by atoms with Gasteiger partial charge in [-0.1, -0.05) is 190 Å². The Hall–Kier alpha value is -2.63. The van der Waals surface area contributed by atoms with Crippen LogP contribution in [0, 0.1) is 11.8 Å². The molecular weight excluding hydrogens is 721 g/mol. The lowest BCUT2D eigenvalue weighted by Crippen LogP contribution is -2.24. The summed E-state index contributed by atoms with van der Waals surface area (Å²) in [5, 5.41) is 27.8. The van der Waals surface area contributed by atoms with Gasteiger partial charge in [0.05, 0.1) is 5.92 Å². The summed E-state index contributed by atoms with van der Waals surface area (Å²) in [7, 11) is 0. The van der Waals surface area contributed by atoms with Crippen LogP contribution in [-0.4, -0.2) is 33.2 Å². The van der Waals surface area contributed by atoms with Gasteiger partial charge in [-0.25, -0.2) is 0 Å². The van der Waals surface area contributed by atoms with Crippen molar-refractivity contribution in [1.82, 2.24) is 0 Å². The summed E-state index contributed by atoms with van der Waals surface area (Å²) in [5.74, 6) is -1.88. The Morgan fingerprint density at radius 3 is 1.00 bits per heavy atom. The number of aliphatic carboxylic acids is 3. The van der Waals surface area contributed by atoms with E-state index in [0.29, 0.717) is 18.8 Å². The highest BCUT2D eigenvalue weighted by molar-refractivity contribution is 5.70. The highest BCUT2D eigenvalue weighted by Gasteiger charge is 2.27. The van der Waals surface area contributed by atoms with Crippen molar-refractivity contribution in [2.45, 2.75) is 251 Å². The maximum atomic E-state index is 12.6. The zero-order valence-electron chi connectivity index (χ0n) is 37.7. The highest BCUT2D eigenvalue weighted by Crippen LogP contribution is 2.30. The summed E-state index contributed by atoms with van der Waals surface area (Å²) in [6.45, 7) is 2.27. The standard InChI is InChI=1S/C52H92O6/c1-2-3-4-5-6-7-18-23-28-33-38-43-48(44-39-34-29-24-19-14-10-8-12-16-21-26-31-36-41-46-50(53)54)49(52(57)58)45-40-35-30-25-20-15-11-9-13-17-22-27-32-37-42-47-51(55)56/h8-9,12-15,19-20,48-49H,2-7,10-11,16-18,21-47H2,1H3,(H,53,54)(H,55,56)(H,57,58)/b12-8-,13-9-,19-14-,20-15-. The van der Waals surface area contributed by atoms with E-state index in [1.165, 1.54) is 109 Å². The predicted molar refractivity (Wildman–Crippen MR) is 248 cm³/mol. The third-order valence-corrected chi connectivity index (χ3v) is 11.6. The molecule has 0 bridgehead atoms. The van der Waals surface area contributed by atoms with E-state index in [1.54, 1.807) is 0 Å². The molecule has 2 unspecified atom stereocenters. The normalized spacial score (nSPS) is 13.1. The van der Waals surface area contributed by atoms with Crippen molar-refractivity contribution >= 4 is 17.9 Å². The number of carbonyl (C=O) groups is 3. The third kappa shape index (κ3) is 43.0. The third-order valence-electron chi connectivity index (χ3n) is 11.6. The molecule has 2 atom stereocenters. The number of hydrogen-bond donors (Lipinski definition) is 3. The molecule has 6 heteroatoms. The van der Waals surface area contributed by atoms with Crippen LogP contribution in [0.15, 0.2) is 48.6 Å². The summed E-state index contributed by atoms with van der Waals surface area (Å²) in [4.78, 5) is 33.7. The monoisotopic (exact) mass is 813 g/mol. The molecule has 0 aliphatic carbocycles. The highest BCUT2D eigenvalue weighted by atomic mass is 16.4. The Bertz CT molecular complexity index is 1040. The van der Waals surface area contributed by atoms with Gasteiger partial charge >= 0.3 is 17.9 Å². The first-order chi connectivity index (χ1) is 28.4. The van der Waals surface area contributed by atoms with Crippen LogP contribution in [-0.2, 0) is 14.4 Å². The molecule has 0 spiro atoms. The molecule has 0 saturated carbocycles. The van der Waals surface area contributed by atoms with Crippen molar-refractivity contribution in [3.05, 3.63) is 48.6 Å². The summed E-state index contributed by atoms with van der Waals surface area (Å²) in [6, 6.07) is 0. The van der Waals surface area contributed by atoms with Crippen LogP contribution in [0.5, 0.6) is 0 Å². The lowest BCUT2D eigenvalue weighted by molar-refractivity contribution is -0.144. The zero-order chi connectivity index (χ0) is 42.4. The maximum Gasteiger partial charge on any atom is 0.306 e. The van der Waals surface area contributed by atoms with Gasteiger partial charge < -0.3 is 15.3 Å². The van der Waals surface area contributed by atoms with E-state index < -0.39 is 17.9 Å². The Kier molecular flexibility index (Phi) is 43.4. The molecule has 0 rings (SSSR count). The van der Waals surface area contributed by atoms with E-state index in [-0.39, 0.29) is 5.92 Å². The number of unbranched alkanes of at least 4 members (excludes halogenated alkanes) is 26. The predicted octanol–water partition coefficient (Wildman–Crippen LogP) is 16.5. The fourth-order valence-electron chi connectivity index (χ4n) is 7.98. The van der Waals surface area contributed by atoms with E-state index >= 15 is 0 Å². The van der Waals surface area contributed by atoms with Gasteiger partial charge in [0.1, 0.15) is 0 Å². The van der Waals surface area contributed by atoms with Crippen molar-refractivity contribution in [3.8, 4) is 0 Å². The summed E-state index contributed by atoms with van der Waals surface area (Å²) in [6.07, 6.45) is 59.8. The molecule has 0 heterocycles. The molecule has 6 nitrogen and oxygen atoms in total. The number of allylic oxidation sites excluding steroid dienone is 8. The average molecular weight is 813 g/mol. The van der Waals surface area contributed by atoms with Crippen LogP contribution in [0.2, 0.25) is 0 Å². The van der Waals surface area contributed by atoms with Crippen molar-refractivity contribution in [3.63, 3.8) is 0 Å². The number of carboxylic acids is 3. The molecule has 0 fully saturated rings. The number of hydrogen-bond acceptors (Lipinski definition) is 3. The molecule has 0 amide bonds. The topological polar surface area (TPSA) is 112 Å². The van der Waals surface area contributed by atoms with Crippen molar-refractivity contribution in [2.24, 2.45) is 11.8 Å². The lowest BCUT2D eigenvalue weighted by Gasteiger charge is -2.24. The van der Waals surface area contributed by atoms with Gasteiger partial charge in [0.15, 0.2) is 0 Å². The first-order valence-corrected chi connectivity index (χ1v) is 24.6. The van der Waals surface area contributed by atoms with Crippen LogP contribution < -0.4 is 0 Å². The Morgan fingerprint density at radius 1 is 0.362 bits per heavy atom. The van der Waals surface area contributed by atoms with Gasteiger partial charge in [-0.15, -0.1) is 0 Å². The summed E-state index contributed by atoms with van der Waals surface area (Å²) < 4.78 is 0. The zero-order valence-corrected chi connectivity index (χ0v) is 37.7. The van der Waals surface area contributed by atoms with Crippen LogP contribution in [0.4, 0.5) is 0 Å². The van der Waals surface area contributed by atoms with Crippen LogP contribution in [0.1, 0.15) is 251 Å². The van der Waals surface area contributed by atoms with Gasteiger partial charge in [0.2, 0.25) is 0 Å². The fourth-order valence-corrected chi connectivity index (χ4v) is 7.98. The minimum atomic E-state index is -0.692. The van der Waals surface area contributed by atoms with Crippen LogP contribution in [0.25, 0.3) is 0 Å². The van der Waals surface area contributed by atoms with Crippen LogP contribution in [0.3, 0.4) is 0 Å². The molecule has 3 N–H and O–H groups in total. The Labute approximate surface area is 357 Å². The van der Waals surface area contributed by atoms with Crippen LogP contribution >= 0.6 is 0 Å². The largest absolute Gasteiger partial charge is 0.481 e. The molecule has 0 aromatic carbocycles. The number of carboxylic acid groups (broad SMARTS) is 3. The first-order valence-electron chi connectivity index (χ1n) is 24.6. The van der Waals surface area contributed by atoms with E-state index in [9.17, 15) is 19.5 Å². The van der Waals surface area contributed by atoms with Gasteiger partial charge in [-0.2, -0.15) is 0 Å². The maximum absolute atomic E-state index is 12.6. The average Bonchev–Trinajstić information content (AvgIpc) is 3.19. The second kappa shape index (κ2) is 45.5. The SMILES string of the molecule is CCCCCCCCCCCCCC(CCCCC/C=C\C/C=C\CCCCCCCC(=O)O)C(CCCCC/C=C\C/C=C\CCCCCCCC(=O)O)C(=O)O. The number of rotatable bonds is 46. The molecule has 336 valence electrons. The van der Waals surface area contributed by atoms with Gasteiger partial charge in [0.25, 0.3) is 0 Å². The molecular formula is C52H92O6. The first kappa shape index (κ1) is 55.4. The second-order valence-corrected chi connectivity index (χ2v) is 17.1. The quantitative estimate of drug-likeness (QED) is 0.0417. The lowest BCUT2D eigenvalue weighted by atomic mass is 9.80. The van der Waals surface area contributed by atoms with Gasteiger partial charge in [0, 0.05) is 12.8 Å². The smallest absolute Gasteiger partial charge is 0.306 e. The molecule has 0 aromatic rings. The van der Waals surface area contributed by atoms with Crippen molar-refractivity contribution in [2.75, 3.05) is 0 Å². The Morgan fingerprint density at radius 2 is 0.655 bits per heavy atom. The van der Waals surface area contributed by atoms with E-state index in [2.05, 4.69) is 55.5 Å². The molecule has 0 aromatic heterocycles. The van der Waals surface area contributed by atoms with Gasteiger partial charge in [-0.05, 0) is 102 Å². The van der Waals surface area contributed by atoms with E-state index in [0.717, 1.165) is 122 Å². The minimum absolute atomic E-state index is 0.211. The summed E-state index contributed by atoms with van der Waals surface area (Å²) >= 11 is 0. The molecule has 0 saturated heterocycles. The van der Waals surface area contributed by atoms with E-state index in [4.69, 9.17) is 10.2 Å². The van der Waals surface area contributed by atoms with E-state index in [1.807, 2.05) is 0 Å².